The van der Waals surface area contributed by atoms with Crippen LogP contribution in [0.15, 0.2) is 0 Å². The Morgan fingerprint density at radius 3 is 1.69 bits per heavy atom. The molecule has 6 heteroatoms. The second-order valence-electron chi connectivity index (χ2n) is 3.56. The zero-order chi connectivity index (χ0) is 9.73. The van der Waals surface area contributed by atoms with Crippen molar-refractivity contribution in [3.8, 4) is 0 Å². The van der Waals surface area contributed by atoms with Gasteiger partial charge in [0, 0.05) is 45.4 Å². The summed E-state index contributed by atoms with van der Waals surface area (Å²) in [7, 11) is 0. The molecule has 1 aliphatic rings. The molecule has 2 atom stereocenters. The molecule has 0 amide bonds. The summed E-state index contributed by atoms with van der Waals surface area (Å²) in [4.78, 5) is 21.0. The fourth-order valence-electron chi connectivity index (χ4n) is 1.63. The van der Waals surface area contributed by atoms with Gasteiger partial charge in [-0.2, -0.15) is 0 Å². The summed E-state index contributed by atoms with van der Waals surface area (Å²) < 4.78 is 0. The first kappa shape index (κ1) is 13.2. The molecule has 0 saturated heterocycles. The van der Waals surface area contributed by atoms with Crippen LogP contribution in [0.25, 0.3) is 0 Å². The van der Waals surface area contributed by atoms with Crippen LogP contribution in [0.2, 0.25) is 0 Å². The van der Waals surface area contributed by atoms with E-state index < -0.39 is 28.9 Å². The maximum Gasteiger partial charge on any atom is 0.337 e. The Balaban J connectivity index is 0.00000144. The van der Waals surface area contributed by atoms with Gasteiger partial charge in [-0.15, -0.1) is 0 Å². The van der Waals surface area contributed by atoms with Crippen LogP contribution in [-0.4, -0.2) is 32.9 Å². The molecule has 5 nitrogen and oxygen atoms in total. The predicted octanol–water partition coefficient (Wildman–Crippen LogP) is -0.457. The third-order valence-corrected chi connectivity index (χ3v) is 2.61. The monoisotopic (exact) mass is 332 g/mol. The van der Waals surface area contributed by atoms with E-state index in [0.717, 1.165) is 0 Å². The minimum Gasteiger partial charge on any atom is -0.481 e. The van der Waals surface area contributed by atoms with Crippen molar-refractivity contribution in [1.82, 2.24) is 0 Å². The van der Waals surface area contributed by atoms with Crippen LogP contribution >= 0.6 is 0 Å². The molecule has 0 bridgehead atoms. The molecule has 1 rings (SSSR count). The quantitative estimate of drug-likeness (QED) is 0.637. The van der Waals surface area contributed by atoms with Gasteiger partial charge in [-0.3, -0.25) is 4.79 Å². The third-order valence-electron chi connectivity index (χ3n) is 2.61. The minimum atomic E-state index is -2.10. The minimum absolute atomic E-state index is 0. The van der Waals surface area contributed by atoms with Crippen LogP contribution in [-0.2, 0) is 9.59 Å². The van der Waals surface area contributed by atoms with Gasteiger partial charge in [-0.25, -0.2) is 4.79 Å². The van der Waals surface area contributed by atoms with Crippen molar-refractivity contribution in [1.29, 1.82) is 0 Å². The molecule has 0 aromatic carbocycles. The Kier molecular flexibility index (Phi) is 3.48. The normalized spacial score (nSPS) is 34.5. The van der Waals surface area contributed by atoms with Gasteiger partial charge in [-0.1, -0.05) is 13.8 Å². The first-order chi connectivity index (χ1) is 5.26. The average Bonchev–Trinajstić information content (AvgIpc) is 2.28. The molecular formula is C7H10GdO5. The molecule has 3 N–H and O–H groups in total. The smallest absolute Gasteiger partial charge is 0.337 e. The van der Waals surface area contributed by atoms with Gasteiger partial charge in [0.15, 0.2) is 5.60 Å². The van der Waals surface area contributed by atoms with E-state index in [-0.39, 0.29) is 39.9 Å². The van der Waals surface area contributed by atoms with Crippen molar-refractivity contribution in [3.05, 3.63) is 0 Å². The number of hydrogen-bond acceptors (Lipinski definition) is 3. The van der Waals surface area contributed by atoms with Gasteiger partial charge in [0.25, 0.3) is 0 Å². The molecule has 0 aromatic rings. The maximum atomic E-state index is 10.5. The number of aliphatic hydroxyl groups is 1. The average molecular weight is 331 g/mol. The Hall–Kier alpha value is 0.225. The van der Waals surface area contributed by atoms with E-state index in [1.165, 1.54) is 13.8 Å². The van der Waals surface area contributed by atoms with E-state index in [2.05, 4.69) is 0 Å². The molecule has 0 radical (unpaired) electrons. The number of carboxylic acids is 2. The maximum absolute atomic E-state index is 10.5. The van der Waals surface area contributed by atoms with Crippen molar-refractivity contribution in [2.75, 3.05) is 0 Å². The summed E-state index contributed by atoms with van der Waals surface area (Å²) in [6.45, 7) is 2.83. The second-order valence-corrected chi connectivity index (χ2v) is 3.56. The van der Waals surface area contributed by atoms with Crippen molar-refractivity contribution in [2.24, 2.45) is 11.3 Å². The van der Waals surface area contributed by atoms with Crippen molar-refractivity contribution in [3.63, 3.8) is 0 Å². The predicted molar refractivity (Wildman–Crippen MR) is 37.5 cm³/mol. The van der Waals surface area contributed by atoms with E-state index in [0.29, 0.717) is 0 Å². The van der Waals surface area contributed by atoms with Crippen LogP contribution in [0.4, 0.5) is 0 Å². The van der Waals surface area contributed by atoms with Gasteiger partial charge in [-0.05, 0) is 0 Å². The van der Waals surface area contributed by atoms with Crippen LogP contribution in [0, 0.1) is 51.3 Å². The Labute approximate surface area is 107 Å². The molecule has 1 saturated carbocycles. The standard InChI is InChI=1S/C7H10O5.Gd/c1-6(2)3(4(8)9)7(6,12)5(10)11;/h3,12H,1-2H3,(H,8,9)(H,10,11);. The van der Waals surface area contributed by atoms with Crippen LogP contribution < -0.4 is 0 Å². The molecule has 76 valence electrons. The first-order valence-electron chi connectivity index (χ1n) is 3.45. The SMILES string of the molecule is CC1(C)C(C(=O)O)C1(O)C(=O)O.[Gd]. The molecule has 0 spiro atoms. The molecule has 0 aromatic heterocycles. The molecule has 0 aliphatic heterocycles. The Bertz CT molecular complexity index is 262. The summed E-state index contributed by atoms with van der Waals surface area (Å²) in [6, 6.07) is 0. The summed E-state index contributed by atoms with van der Waals surface area (Å²) >= 11 is 0. The Morgan fingerprint density at radius 1 is 1.23 bits per heavy atom. The van der Waals surface area contributed by atoms with Gasteiger partial charge in [0.1, 0.15) is 5.92 Å². The topological polar surface area (TPSA) is 94.8 Å². The first-order valence-corrected chi connectivity index (χ1v) is 3.45. The fourth-order valence-corrected chi connectivity index (χ4v) is 1.63. The zero-order valence-electron chi connectivity index (χ0n) is 7.09. The molecule has 1 aliphatic carbocycles. The summed E-state index contributed by atoms with van der Waals surface area (Å²) in [5.41, 5.74) is -3.18. The number of rotatable bonds is 2. The summed E-state index contributed by atoms with van der Waals surface area (Å²) in [5.74, 6) is -3.95. The van der Waals surface area contributed by atoms with E-state index in [1.54, 1.807) is 0 Å². The van der Waals surface area contributed by atoms with Gasteiger partial charge in [0.2, 0.25) is 0 Å². The van der Waals surface area contributed by atoms with Crippen molar-refractivity contribution in [2.45, 2.75) is 19.4 Å². The van der Waals surface area contributed by atoms with Gasteiger partial charge < -0.3 is 15.3 Å². The number of hydrogen-bond donors (Lipinski definition) is 3. The van der Waals surface area contributed by atoms with Crippen LogP contribution in [0.3, 0.4) is 0 Å². The van der Waals surface area contributed by atoms with E-state index in [1.807, 2.05) is 0 Å². The van der Waals surface area contributed by atoms with E-state index in [4.69, 9.17) is 10.2 Å². The molecule has 0 heterocycles. The van der Waals surface area contributed by atoms with Crippen molar-refractivity contribution < 1.29 is 64.8 Å². The van der Waals surface area contributed by atoms with Crippen molar-refractivity contribution >= 4 is 11.9 Å². The summed E-state index contributed by atoms with van der Waals surface area (Å²) in [5, 5.41) is 26.5. The van der Waals surface area contributed by atoms with Gasteiger partial charge >= 0.3 is 11.9 Å². The van der Waals surface area contributed by atoms with Crippen LogP contribution in [0.1, 0.15) is 13.8 Å². The molecule has 1 fully saturated rings. The number of carboxylic acid groups (broad SMARTS) is 2. The number of carbonyl (C=O) groups is 2. The van der Waals surface area contributed by atoms with E-state index in [9.17, 15) is 14.7 Å². The van der Waals surface area contributed by atoms with E-state index >= 15 is 0 Å². The second kappa shape index (κ2) is 3.42. The third kappa shape index (κ3) is 1.50. The Morgan fingerprint density at radius 2 is 1.62 bits per heavy atom. The van der Waals surface area contributed by atoms with Gasteiger partial charge in [0.05, 0.1) is 0 Å². The molecule has 2 unspecified atom stereocenters. The number of aliphatic carboxylic acids is 2. The molecular weight excluding hydrogens is 321 g/mol. The zero-order valence-corrected chi connectivity index (χ0v) is 9.36. The largest absolute Gasteiger partial charge is 0.481 e. The fraction of sp³-hybridized carbons (Fsp3) is 0.714. The molecule has 13 heavy (non-hydrogen) atoms. The van der Waals surface area contributed by atoms with Crippen LogP contribution in [0.5, 0.6) is 0 Å². The summed E-state index contributed by atoms with van der Waals surface area (Å²) in [6.07, 6.45) is 0.